The first-order valence-electron chi connectivity index (χ1n) is 5.98. The van der Waals surface area contributed by atoms with E-state index in [4.69, 9.17) is 9.56 Å². The van der Waals surface area contributed by atoms with Gasteiger partial charge in [-0.3, -0.25) is 0 Å². The second-order valence-electron chi connectivity index (χ2n) is 4.72. The summed E-state index contributed by atoms with van der Waals surface area (Å²) in [5, 5.41) is 7.76. The first kappa shape index (κ1) is 13.9. The molecule has 1 saturated heterocycles. The number of nitrogens with one attached hydrogen (secondary N) is 1. The van der Waals surface area contributed by atoms with E-state index >= 15 is 0 Å². The Morgan fingerprint density at radius 1 is 1.58 bits per heavy atom. The molecule has 0 saturated carbocycles. The maximum atomic E-state index is 11.9. The molecule has 2 heterocycles. The van der Waals surface area contributed by atoms with E-state index in [1.807, 2.05) is 0 Å². The normalized spacial score (nSPS) is 19.6. The van der Waals surface area contributed by atoms with Gasteiger partial charge in [0.2, 0.25) is 10.0 Å². The summed E-state index contributed by atoms with van der Waals surface area (Å²) < 4.78 is 26.9. The molecule has 7 nitrogen and oxygen atoms in total. The van der Waals surface area contributed by atoms with Crippen molar-refractivity contribution in [2.75, 3.05) is 18.8 Å². The summed E-state index contributed by atoms with van der Waals surface area (Å²) >= 11 is 0. The average Bonchev–Trinajstić information content (AvgIpc) is 2.94. The third-order valence-corrected chi connectivity index (χ3v) is 4.00. The lowest BCUT2D eigenvalue weighted by Gasteiger charge is -2.16. The number of furan rings is 1. The number of primary sulfonamides is 1. The Hall–Kier alpha value is -1.54. The van der Waals surface area contributed by atoms with E-state index in [1.165, 1.54) is 0 Å². The van der Waals surface area contributed by atoms with Crippen LogP contribution in [0.5, 0.6) is 0 Å². The molecule has 2 rings (SSSR count). The maximum absolute atomic E-state index is 11.9. The quantitative estimate of drug-likeness (QED) is 0.819. The summed E-state index contributed by atoms with van der Waals surface area (Å²) in [5.41, 5.74) is 0.883. The Morgan fingerprint density at radius 3 is 3.00 bits per heavy atom. The van der Waals surface area contributed by atoms with Crippen LogP contribution in [0.2, 0.25) is 0 Å². The summed E-state index contributed by atoms with van der Waals surface area (Å²) in [4.78, 5) is 13.5. The van der Waals surface area contributed by atoms with Gasteiger partial charge in [-0.25, -0.2) is 18.4 Å². The van der Waals surface area contributed by atoms with Gasteiger partial charge in [0.1, 0.15) is 0 Å². The summed E-state index contributed by atoms with van der Waals surface area (Å²) in [7, 11) is -3.48. The van der Waals surface area contributed by atoms with Crippen molar-refractivity contribution in [3.63, 3.8) is 0 Å². The second-order valence-corrected chi connectivity index (χ2v) is 6.38. The lowest BCUT2D eigenvalue weighted by atomic mass is 10.2. The molecule has 0 unspecified atom stereocenters. The van der Waals surface area contributed by atoms with E-state index in [-0.39, 0.29) is 17.7 Å². The van der Waals surface area contributed by atoms with Gasteiger partial charge in [0, 0.05) is 25.2 Å². The van der Waals surface area contributed by atoms with Crippen molar-refractivity contribution in [3.05, 3.63) is 24.2 Å². The van der Waals surface area contributed by atoms with Gasteiger partial charge in [-0.2, -0.15) is 0 Å². The summed E-state index contributed by atoms with van der Waals surface area (Å²) in [6, 6.07) is 1.58. The lowest BCUT2D eigenvalue weighted by Crippen LogP contribution is -2.38. The highest BCUT2D eigenvalue weighted by Gasteiger charge is 2.28. The molecule has 0 bridgehead atoms. The molecule has 8 heteroatoms. The molecule has 1 fully saturated rings. The fraction of sp³-hybridized carbons (Fsp3) is 0.545. The van der Waals surface area contributed by atoms with Crippen LogP contribution in [0.4, 0.5) is 4.79 Å². The van der Waals surface area contributed by atoms with Gasteiger partial charge in [0.25, 0.3) is 0 Å². The Balaban J connectivity index is 1.78. The molecule has 19 heavy (non-hydrogen) atoms. The van der Waals surface area contributed by atoms with Crippen molar-refractivity contribution < 1.29 is 17.6 Å². The first-order valence-corrected chi connectivity index (χ1v) is 7.70. The van der Waals surface area contributed by atoms with E-state index < -0.39 is 10.0 Å². The molecule has 1 aliphatic heterocycles. The fourth-order valence-electron chi connectivity index (χ4n) is 2.16. The van der Waals surface area contributed by atoms with Gasteiger partial charge < -0.3 is 14.6 Å². The molecular formula is C11H17N3O4S. The molecule has 0 aromatic carbocycles. The van der Waals surface area contributed by atoms with E-state index in [0.717, 1.165) is 5.56 Å². The zero-order valence-electron chi connectivity index (χ0n) is 10.4. The predicted molar refractivity (Wildman–Crippen MR) is 68.6 cm³/mol. The monoisotopic (exact) mass is 287 g/mol. The average molecular weight is 287 g/mol. The van der Waals surface area contributed by atoms with Crippen molar-refractivity contribution >= 4 is 16.1 Å². The minimum Gasteiger partial charge on any atom is -0.472 e. The smallest absolute Gasteiger partial charge is 0.317 e. The van der Waals surface area contributed by atoms with Crippen LogP contribution in [0, 0.1) is 5.92 Å². The van der Waals surface area contributed by atoms with E-state index in [2.05, 4.69) is 5.32 Å². The minimum atomic E-state index is -3.48. The minimum absolute atomic E-state index is 0.0709. The van der Waals surface area contributed by atoms with Crippen LogP contribution >= 0.6 is 0 Å². The zero-order valence-corrected chi connectivity index (χ0v) is 11.2. The number of nitrogens with zero attached hydrogens (tertiary/aromatic N) is 1. The largest absolute Gasteiger partial charge is 0.472 e. The zero-order chi connectivity index (χ0) is 13.9. The second kappa shape index (κ2) is 5.62. The number of urea groups is 1. The molecule has 1 aliphatic rings. The van der Waals surface area contributed by atoms with Crippen LogP contribution in [0.15, 0.2) is 23.0 Å². The maximum Gasteiger partial charge on any atom is 0.317 e. The van der Waals surface area contributed by atoms with Crippen molar-refractivity contribution in [2.45, 2.75) is 13.0 Å². The Bertz CT molecular complexity index is 526. The van der Waals surface area contributed by atoms with Crippen LogP contribution in [0.25, 0.3) is 0 Å². The highest BCUT2D eigenvalue weighted by molar-refractivity contribution is 7.89. The van der Waals surface area contributed by atoms with Gasteiger partial charge in [-0.15, -0.1) is 0 Å². The lowest BCUT2D eigenvalue weighted by molar-refractivity contribution is 0.207. The van der Waals surface area contributed by atoms with Crippen LogP contribution < -0.4 is 10.5 Å². The molecule has 0 aliphatic carbocycles. The molecule has 1 atom stereocenters. The third-order valence-electron chi connectivity index (χ3n) is 3.06. The van der Waals surface area contributed by atoms with Crippen LogP contribution in [-0.2, 0) is 16.6 Å². The van der Waals surface area contributed by atoms with Gasteiger partial charge in [0.05, 0.1) is 18.3 Å². The summed E-state index contributed by atoms with van der Waals surface area (Å²) in [6.45, 7) is 1.37. The standard InChI is InChI=1S/C11H17N3O4S/c12-19(16,17)8-10-1-3-14(6-10)11(15)13-5-9-2-4-18-7-9/h2,4,7,10H,1,3,5-6,8H2,(H,13,15)(H2,12,16,17)/t10-/m1/s1. The summed E-state index contributed by atoms with van der Waals surface area (Å²) in [5.74, 6) is -0.145. The molecule has 1 aromatic heterocycles. The fourth-order valence-corrected chi connectivity index (χ4v) is 3.09. The van der Waals surface area contributed by atoms with Crippen LogP contribution in [0.3, 0.4) is 0 Å². The Morgan fingerprint density at radius 2 is 2.37 bits per heavy atom. The topological polar surface area (TPSA) is 106 Å². The van der Waals surface area contributed by atoms with Crippen molar-refractivity contribution in [2.24, 2.45) is 11.1 Å². The number of rotatable bonds is 4. The molecule has 3 N–H and O–H groups in total. The molecule has 1 aromatic rings. The SMILES string of the molecule is NS(=O)(=O)C[C@@H]1CCN(C(=O)NCc2ccoc2)C1. The van der Waals surface area contributed by atoms with E-state index in [0.29, 0.717) is 26.1 Å². The van der Waals surface area contributed by atoms with Gasteiger partial charge in [-0.05, 0) is 18.4 Å². The molecule has 0 spiro atoms. The Labute approximate surface area is 111 Å². The molecule has 106 valence electrons. The number of carbonyl (C=O) groups is 1. The first-order chi connectivity index (χ1) is 8.94. The third kappa shape index (κ3) is 4.25. The predicted octanol–water partition coefficient (Wildman–Crippen LogP) is 0.0996. The Kier molecular flexibility index (Phi) is 4.11. The van der Waals surface area contributed by atoms with Crippen molar-refractivity contribution in [3.8, 4) is 0 Å². The van der Waals surface area contributed by atoms with E-state index in [9.17, 15) is 13.2 Å². The molecule has 0 radical (unpaired) electrons. The number of amides is 2. The van der Waals surface area contributed by atoms with Gasteiger partial charge >= 0.3 is 6.03 Å². The highest BCUT2D eigenvalue weighted by atomic mass is 32.2. The van der Waals surface area contributed by atoms with Crippen molar-refractivity contribution in [1.82, 2.24) is 10.2 Å². The van der Waals surface area contributed by atoms with Gasteiger partial charge in [-0.1, -0.05) is 0 Å². The van der Waals surface area contributed by atoms with Crippen LogP contribution in [0.1, 0.15) is 12.0 Å². The number of nitrogens with two attached hydrogens (primary N) is 1. The number of likely N-dealkylation sites (tertiary alicyclic amines) is 1. The number of carbonyl (C=O) groups excluding carboxylic acids is 1. The molecular weight excluding hydrogens is 270 g/mol. The van der Waals surface area contributed by atoms with Crippen molar-refractivity contribution in [1.29, 1.82) is 0 Å². The number of hydrogen-bond donors (Lipinski definition) is 2. The van der Waals surface area contributed by atoms with Crippen LogP contribution in [-0.4, -0.2) is 38.2 Å². The highest BCUT2D eigenvalue weighted by Crippen LogP contribution is 2.17. The number of hydrogen-bond acceptors (Lipinski definition) is 4. The number of sulfonamides is 1. The van der Waals surface area contributed by atoms with E-state index in [1.54, 1.807) is 23.5 Å². The van der Waals surface area contributed by atoms with Gasteiger partial charge in [0.15, 0.2) is 0 Å². The summed E-state index contributed by atoms with van der Waals surface area (Å²) in [6.07, 6.45) is 3.77. The molecule has 2 amide bonds.